The Morgan fingerprint density at radius 1 is 0.658 bits per heavy atom. The number of nitrogens with one attached hydrogen (secondary N) is 1. The molecule has 0 aliphatic carbocycles. The van der Waals surface area contributed by atoms with E-state index in [0.29, 0.717) is 16.8 Å². The van der Waals surface area contributed by atoms with Gasteiger partial charge in [0.05, 0.1) is 0 Å². The van der Waals surface area contributed by atoms with Gasteiger partial charge in [0, 0.05) is 16.8 Å². The normalized spacial score (nSPS) is 12.2. The highest BCUT2D eigenvalue weighted by Gasteiger charge is 2.09. The lowest BCUT2D eigenvalue weighted by atomic mass is 10.0. The number of hydrogen-bond donors (Lipinski definition) is 1. The molecule has 0 atom stereocenters. The fourth-order valence-electron chi connectivity index (χ4n) is 3.86. The van der Waals surface area contributed by atoms with Crippen molar-refractivity contribution in [1.82, 2.24) is 0 Å². The third-order valence-electron chi connectivity index (χ3n) is 6.23. The van der Waals surface area contributed by atoms with Crippen LogP contribution in [0, 0.1) is 0 Å². The largest absolute Gasteiger partial charge is 0.445 e. The first kappa shape index (κ1) is 30.6. The van der Waals surface area contributed by atoms with Gasteiger partial charge in [-0.15, -0.1) is 0 Å². The summed E-state index contributed by atoms with van der Waals surface area (Å²) in [7, 11) is 0. The van der Waals surface area contributed by atoms with Gasteiger partial charge in [-0.2, -0.15) is 0 Å². The maximum Gasteiger partial charge on any atom is 0.411 e. The van der Waals surface area contributed by atoms with Crippen LogP contribution < -0.4 is 5.32 Å². The van der Waals surface area contributed by atoms with Crippen LogP contribution in [0.4, 0.5) is 10.5 Å². The third kappa shape index (κ3) is 12.5. The Bertz CT molecular complexity index is 1150. The number of rotatable bonds is 14. The molecule has 0 aliphatic rings. The third-order valence-corrected chi connectivity index (χ3v) is 6.23. The van der Waals surface area contributed by atoms with Gasteiger partial charge in [0.1, 0.15) is 6.61 Å². The van der Waals surface area contributed by atoms with E-state index in [2.05, 4.69) is 58.2 Å². The van der Waals surface area contributed by atoms with Gasteiger partial charge in [0.2, 0.25) is 0 Å². The van der Waals surface area contributed by atoms with Crippen LogP contribution >= 0.6 is 0 Å². The maximum atomic E-state index is 12.5. The van der Waals surface area contributed by atoms with Gasteiger partial charge in [-0.1, -0.05) is 70.9 Å². The van der Waals surface area contributed by atoms with Crippen molar-refractivity contribution in [2.24, 2.45) is 0 Å². The number of carbonyl (C=O) groups excluding carboxylic acids is 2. The summed E-state index contributed by atoms with van der Waals surface area (Å²) in [5.74, 6) is -0.0527. The van der Waals surface area contributed by atoms with Crippen molar-refractivity contribution in [3.63, 3.8) is 0 Å². The summed E-state index contributed by atoms with van der Waals surface area (Å²) in [6, 6.07) is 15.9. The van der Waals surface area contributed by atoms with Crippen LogP contribution in [0.5, 0.6) is 0 Å². The molecule has 0 saturated heterocycles. The van der Waals surface area contributed by atoms with Crippen molar-refractivity contribution in [1.29, 1.82) is 0 Å². The minimum absolute atomic E-state index is 0.0527. The highest BCUT2D eigenvalue weighted by atomic mass is 16.5. The summed E-state index contributed by atoms with van der Waals surface area (Å²) in [4.78, 5) is 24.6. The molecule has 0 heterocycles. The molecule has 0 bridgehead atoms. The number of ketones is 1. The summed E-state index contributed by atoms with van der Waals surface area (Å²) in [5, 5.41) is 2.70. The number of ether oxygens (including phenoxy) is 1. The van der Waals surface area contributed by atoms with Gasteiger partial charge in [-0.25, -0.2) is 4.79 Å². The molecule has 1 amide bonds. The van der Waals surface area contributed by atoms with Crippen molar-refractivity contribution in [2.75, 3.05) is 11.9 Å². The van der Waals surface area contributed by atoms with Crippen molar-refractivity contribution in [3.05, 3.63) is 112 Å². The van der Waals surface area contributed by atoms with E-state index in [1.54, 1.807) is 36.4 Å². The van der Waals surface area contributed by atoms with E-state index in [1.165, 1.54) is 22.3 Å². The molecule has 2 rings (SSSR count). The molecule has 0 aliphatic heterocycles. The molecule has 4 nitrogen and oxygen atoms in total. The average molecular weight is 514 g/mol. The quantitative estimate of drug-likeness (QED) is 0.202. The van der Waals surface area contributed by atoms with E-state index in [0.717, 1.165) is 38.5 Å². The van der Waals surface area contributed by atoms with Crippen molar-refractivity contribution >= 4 is 17.6 Å². The first-order valence-corrected chi connectivity index (χ1v) is 13.5. The highest BCUT2D eigenvalue weighted by molar-refractivity contribution is 6.09. The van der Waals surface area contributed by atoms with Crippen molar-refractivity contribution < 1.29 is 14.3 Å². The van der Waals surface area contributed by atoms with E-state index in [-0.39, 0.29) is 12.4 Å². The van der Waals surface area contributed by atoms with E-state index in [9.17, 15) is 9.59 Å². The second-order valence-corrected chi connectivity index (χ2v) is 10.0. The lowest BCUT2D eigenvalue weighted by molar-refractivity contribution is 0.103. The summed E-state index contributed by atoms with van der Waals surface area (Å²) in [6.45, 7) is 11.0. The zero-order valence-corrected chi connectivity index (χ0v) is 23.7. The molecule has 0 saturated carbocycles. The molecule has 0 fully saturated rings. The minimum atomic E-state index is -0.517. The fourth-order valence-corrected chi connectivity index (χ4v) is 3.86. The number of allylic oxidation sites excluding steroid dienone is 7. The van der Waals surface area contributed by atoms with Crippen LogP contribution in [0.3, 0.4) is 0 Å². The number of hydrogen-bond acceptors (Lipinski definition) is 3. The SMILES string of the molecule is CC(C)=CCCC(C)=CCCC(C)=CCCC(C)=CCOC(=O)Nc1ccc(C(=O)c2ccccc2)cc1. The van der Waals surface area contributed by atoms with Gasteiger partial charge < -0.3 is 4.74 Å². The number of anilines is 1. The Morgan fingerprint density at radius 2 is 1.16 bits per heavy atom. The standard InChI is InChI=1S/C34H43NO3/c1-26(2)12-9-13-27(3)14-10-15-28(4)16-11-17-29(5)24-25-38-34(37)35-32-22-20-31(21-23-32)33(36)30-18-7-6-8-19-30/h6-8,12,14,16,18-24H,9-11,13,15,17,25H2,1-5H3,(H,35,37). The lowest BCUT2D eigenvalue weighted by Gasteiger charge is -2.07. The molecule has 0 aromatic heterocycles. The van der Waals surface area contributed by atoms with Crippen LogP contribution in [-0.4, -0.2) is 18.5 Å². The smallest absolute Gasteiger partial charge is 0.411 e. The molecule has 38 heavy (non-hydrogen) atoms. The Balaban J connectivity index is 1.66. The fraction of sp³-hybridized carbons (Fsp3) is 0.353. The van der Waals surface area contributed by atoms with E-state index < -0.39 is 6.09 Å². The molecular weight excluding hydrogens is 470 g/mol. The molecule has 0 unspecified atom stereocenters. The molecule has 2 aromatic rings. The van der Waals surface area contributed by atoms with Gasteiger partial charge in [0.15, 0.2) is 5.78 Å². The van der Waals surface area contributed by atoms with Crippen LogP contribution in [0.15, 0.2) is 101 Å². The molecule has 0 radical (unpaired) electrons. The number of carbonyl (C=O) groups is 2. The van der Waals surface area contributed by atoms with Crippen LogP contribution in [-0.2, 0) is 4.74 Å². The van der Waals surface area contributed by atoms with Crippen molar-refractivity contribution in [2.45, 2.75) is 73.1 Å². The van der Waals surface area contributed by atoms with Gasteiger partial charge >= 0.3 is 6.09 Å². The van der Waals surface area contributed by atoms with E-state index in [1.807, 2.05) is 24.3 Å². The Labute approximate surface area is 229 Å². The number of amides is 1. The minimum Gasteiger partial charge on any atom is -0.445 e. The second kappa shape index (κ2) is 17.0. The first-order chi connectivity index (χ1) is 18.2. The summed E-state index contributed by atoms with van der Waals surface area (Å²) >= 11 is 0. The van der Waals surface area contributed by atoms with Crippen molar-refractivity contribution in [3.8, 4) is 0 Å². The molecule has 2 aromatic carbocycles. The predicted molar refractivity (Wildman–Crippen MR) is 160 cm³/mol. The first-order valence-electron chi connectivity index (χ1n) is 13.5. The Hall–Kier alpha value is -3.66. The summed E-state index contributed by atoms with van der Waals surface area (Å²) in [6.07, 6.45) is 14.8. The molecule has 4 heteroatoms. The van der Waals surface area contributed by atoms with Crippen LogP contribution in [0.2, 0.25) is 0 Å². The summed E-state index contributed by atoms with van der Waals surface area (Å²) < 4.78 is 5.29. The topological polar surface area (TPSA) is 55.4 Å². The Morgan fingerprint density at radius 3 is 1.71 bits per heavy atom. The van der Waals surface area contributed by atoms with E-state index >= 15 is 0 Å². The average Bonchev–Trinajstić information content (AvgIpc) is 2.89. The monoisotopic (exact) mass is 513 g/mol. The van der Waals surface area contributed by atoms with Gasteiger partial charge in [0.25, 0.3) is 0 Å². The zero-order chi connectivity index (χ0) is 27.8. The second-order valence-electron chi connectivity index (χ2n) is 10.0. The number of benzene rings is 2. The van der Waals surface area contributed by atoms with E-state index in [4.69, 9.17) is 4.74 Å². The predicted octanol–water partition coefficient (Wildman–Crippen LogP) is 9.61. The molecular formula is C34H43NO3. The molecule has 0 spiro atoms. The lowest BCUT2D eigenvalue weighted by Crippen LogP contribution is -2.14. The van der Waals surface area contributed by atoms with Crippen LogP contribution in [0.25, 0.3) is 0 Å². The van der Waals surface area contributed by atoms with Gasteiger partial charge in [-0.3, -0.25) is 10.1 Å². The van der Waals surface area contributed by atoms with Gasteiger partial charge in [-0.05, 0) is 103 Å². The molecule has 1 N–H and O–H groups in total. The highest BCUT2D eigenvalue weighted by Crippen LogP contribution is 2.15. The Kier molecular flexibility index (Phi) is 13.6. The molecule has 202 valence electrons. The summed E-state index contributed by atoms with van der Waals surface area (Å²) in [5.41, 5.74) is 7.25. The van der Waals surface area contributed by atoms with Crippen LogP contribution in [0.1, 0.15) is 89.1 Å². The zero-order valence-electron chi connectivity index (χ0n) is 23.7. The maximum absolute atomic E-state index is 12.5.